The minimum atomic E-state index is -4.09. The number of rotatable bonds is 2. The number of halogens is 3. The Bertz CT molecular complexity index is 436. The predicted molar refractivity (Wildman–Crippen MR) is 51.2 cm³/mol. The van der Waals surface area contributed by atoms with Crippen LogP contribution in [0.5, 0.6) is 0 Å². The molecule has 1 rings (SSSR count). The van der Waals surface area contributed by atoms with E-state index in [0.717, 1.165) is 11.8 Å². The van der Waals surface area contributed by atoms with Gasteiger partial charge in [0.15, 0.2) is 0 Å². The summed E-state index contributed by atoms with van der Waals surface area (Å²) in [7, 11) is 0.840. The van der Waals surface area contributed by atoms with Crippen LogP contribution in [0.3, 0.4) is 0 Å². The highest BCUT2D eigenvalue weighted by Gasteiger charge is 2.17. The van der Waals surface area contributed by atoms with Crippen LogP contribution < -0.4 is 0 Å². The summed E-state index contributed by atoms with van der Waals surface area (Å²) >= 11 is 0.853. The van der Waals surface area contributed by atoms with Gasteiger partial charge in [-0.05, 0) is 18.4 Å². The Morgan fingerprint density at radius 2 is 1.71 bits per heavy atom. The summed E-state index contributed by atoms with van der Waals surface area (Å²) in [6.07, 6.45) is 1.48. The molecule has 78 valence electrons. The Kier molecular flexibility index (Phi) is 3.39. The molecule has 0 saturated heterocycles. The smallest absolute Gasteiger partial charge is 0.207 e. The van der Waals surface area contributed by atoms with Crippen molar-refractivity contribution in [3.63, 3.8) is 0 Å². The summed E-state index contributed by atoms with van der Waals surface area (Å²) < 4.78 is 47.6. The molecule has 0 unspecified atom stereocenters. The SMILES string of the molecule is CSc1c(F)cc(S(=O)(=O)Cl)cc1F. The third kappa shape index (κ3) is 2.37. The third-order valence-electron chi connectivity index (χ3n) is 1.46. The first-order valence-corrected chi connectivity index (χ1v) is 6.87. The molecule has 0 spiro atoms. The molecule has 14 heavy (non-hydrogen) atoms. The predicted octanol–water partition coefficient (Wildman–Crippen LogP) is 2.61. The first kappa shape index (κ1) is 11.7. The first-order chi connectivity index (χ1) is 6.36. The molecule has 1 aromatic carbocycles. The second kappa shape index (κ2) is 4.04. The Balaban J connectivity index is 3.43. The molecule has 7 heteroatoms. The van der Waals surface area contributed by atoms with Gasteiger partial charge in [-0.2, -0.15) is 0 Å². The van der Waals surface area contributed by atoms with E-state index in [9.17, 15) is 17.2 Å². The summed E-state index contributed by atoms with van der Waals surface area (Å²) in [5.74, 6) is -1.87. The summed E-state index contributed by atoms with van der Waals surface area (Å²) in [6, 6.07) is 1.38. The van der Waals surface area contributed by atoms with Gasteiger partial charge in [-0.15, -0.1) is 11.8 Å². The summed E-state index contributed by atoms with van der Waals surface area (Å²) in [5, 5.41) is 0. The van der Waals surface area contributed by atoms with Crippen LogP contribution in [0.1, 0.15) is 0 Å². The van der Waals surface area contributed by atoms with Crippen molar-refractivity contribution >= 4 is 31.5 Å². The zero-order chi connectivity index (χ0) is 10.9. The molecule has 1 aromatic rings. The van der Waals surface area contributed by atoms with Gasteiger partial charge in [0, 0.05) is 10.7 Å². The standard InChI is InChI=1S/C7H5ClF2O2S2/c1-13-7-5(9)2-4(3-6(7)10)14(8,11)12/h2-3H,1H3. The second-order valence-corrected chi connectivity index (χ2v) is 5.74. The van der Waals surface area contributed by atoms with Crippen molar-refractivity contribution in [3.05, 3.63) is 23.8 Å². The molecule has 0 aliphatic carbocycles. The van der Waals surface area contributed by atoms with Crippen LogP contribution in [0.4, 0.5) is 8.78 Å². The average Bonchev–Trinajstić information content (AvgIpc) is 2.01. The highest BCUT2D eigenvalue weighted by molar-refractivity contribution is 8.13. The van der Waals surface area contributed by atoms with Crippen LogP contribution in [0.25, 0.3) is 0 Å². The molecule has 0 bridgehead atoms. The van der Waals surface area contributed by atoms with Crippen molar-refractivity contribution in [1.29, 1.82) is 0 Å². The highest BCUT2D eigenvalue weighted by Crippen LogP contribution is 2.27. The van der Waals surface area contributed by atoms with Crippen molar-refractivity contribution in [2.75, 3.05) is 6.26 Å². The van der Waals surface area contributed by atoms with E-state index in [1.807, 2.05) is 0 Å². The van der Waals surface area contributed by atoms with Gasteiger partial charge in [-0.1, -0.05) is 0 Å². The van der Waals surface area contributed by atoms with E-state index in [-0.39, 0.29) is 4.90 Å². The number of thioether (sulfide) groups is 1. The van der Waals surface area contributed by atoms with Crippen molar-refractivity contribution in [2.45, 2.75) is 9.79 Å². The highest BCUT2D eigenvalue weighted by atomic mass is 35.7. The van der Waals surface area contributed by atoms with Gasteiger partial charge < -0.3 is 0 Å². The van der Waals surface area contributed by atoms with Crippen molar-refractivity contribution in [2.24, 2.45) is 0 Å². The topological polar surface area (TPSA) is 34.1 Å². The summed E-state index contributed by atoms with van der Waals surface area (Å²) in [5.41, 5.74) is 0. The van der Waals surface area contributed by atoms with Crippen molar-refractivity contribution in [3.8, 4) is 0 Å². The average molecular weight is 259 g/mol. The third-order valence-corrected chi connectivity index (χ3v) is 3.59. The summed E-state index contributed by atoms with van der Waals surface area (Å²) in [6.45, 7) is 0. The van der Waals surface area contributed by atoms with Gasteiger partial charge >= 0.3 is 0 Å². The molecule has 0 aliphatic rings. The Labute approximate surface area is 88.7 Å². The molecule has 0 heterocycles. The van der Waals surface area contributed by atoms with Crippen LogP contribution in [-0.4, -0.2) is 14.7 Å². The van der Waals surface area contributed by atoms with Crippen LogP contribution in [-0.2, 0) is 9.05 Å². The van der Waals surface area contributed by atoms with Crippen LogP contribution in [0.15, 0.2) is 21.9 Å². The molecule has 0 radical (unpaired) electrons. The van der Waals surface area contributed by atoms with E-state index < -0.39 is 25.6 Å². The second-order valence-electron chi connectivity index (χ2n) is 2.36. The van der Waals surface area contributed by atoms with E-state index in [1.54, 1.807) is 0 Å². The Morgan fingerprint density at radius 3 is 2.00 bits per heavy atom. The molecule has 0 amide bonds. The fourth-order valence-corrected chi connectivity index (χ4v) is 2.14. The number of benzene rings is 1. The zero-order valence-corrected chi connectivity index (χ0v) is 9.31. The van der Waals surface area contributed by atoms with Gasteiger partial charge in [-0.25, -0.2) is 17.2 Å². The fourth-order valence-electron chi connectivity index (χ4n) is 0.872. The molecular weight excluding hydrogens is 254 g/mol. The maximum Gasteiger partial charge on any atom is 0.261 e. The Morgan fingerprint density at radius 1 is 1.29 bits per heavy atom. The first-order valence-electron chi connectivity index (χ1n) is 3.34. The van der Waals surface area contributed by atoms with Crippen molar-refractivity contribution in [1.82, 2.24) is 0 Å². The van der Waals surface area contributed by atoms with Gasteiger partial charge in [-0.3, -0.25) is 0 Å². The van der Waals surface area contributed by atoms with Crippen LogP contribution >= 0.6 is 22.4 Å². The lowest BCUT2D eigenvalue weighted by atomic mass is 10.3. The number of hydrogen-bond acceptors (Lipinski definition) is 3. The molecule has 0 aromatic heterocycles. The lowest BCUT2D eigenvalue weighted by molar-refractivity contribution is 0.532. The van der Waals surface area contributed by atoms with Gasteiger partial charge in [0.2, 0.25) is 0 Å². The number of hydrogen-bond donors (Lipinski definition) is 0. The molecule has 0 atom stereocenters. The van der Waals surface area contributed by atoms with E-state index in [4.69, 9.17) is 10.7 Å². The van der Waals surface area contributed by atoms with E-state index in [1.165, 1.54) is 6.26 Å². The lowest BCUT2D eigenvalue weighted by Gasteiger charge is -2.03. The minimum absolute atomic E-state index is 0.228. The van der Waals surface area contributed by atoms with Crippen LogP contribution in [0.2, 0.25) is 0 Å². The maximum atomic E-state index is 13.1. The largest absolute Gasteiger partial charge is 0.261 e. The molecule has 0 aliphatic heterocycles. The minimum Gasteiger partial charge on any atom is -0.207 e. The van der Waals surface area contributed by atoms with E-state index >= 15 is 0 Å². The lowest BCUT2D eigenvalue weighted by Crippen LogP contribution is -1.96. The molecule has 0 saturated carbocycles. The summed E-state index contributed by atoms with van der Waals surface area (Å²) in [4.78, 5) is -0.805. The van der Waals surface area contributed by atoms with Gasteiger partial charge in [0.25, 0.3) is 9.05 Å². The monoisotopic (exact) mass is 258 g/mol. The molecular formula is C7H5ClF2O2S2. The Hall–Kier alpha value is -0.330. The normalized spacial score (nSPS) is 11.7. The quantitative estimate of drug-likeness (QED) is 0.604. The molecule has 2 nitrogen and oxygen atoms in total. The fraction of sp³-hybridized carbons (Fsp3) is 0.143. The maximum absolute atomic E-state index is 13.1. The molecule has 0 fully saturated rings. The van der Waals surface area contributed by atoms with E-state index in [0.29, 0.717) is 12.1 Å². The molecule has 0 N–H and O–H groups in total. The van der Waals surface area contributed by atoms with Crippen molar-refractivity contribution < 1.29 is 17.2 Å². The van der Waals surface area contributed by atoms with Gasteiger partial charge in [0.05, 0.1) is 9.79 Å². The van der Waals surface area contributed by atoms with Crippen LogP contribution in [0, 0.1) is 11.6 Å². The van der Waals surface area contributed by atoms with Gasteiger partial charge in [0.1, 0.15) is 11.6 Å². The zero-order valence-electron chi connectivity index (χ0n) is 6.92. The van der Waals surface area contributed by atoms with E-state index in [2.05, 4.69) is 0 Å².